The lowest BCUT2D eigenvalue weighted by Crippen LogP contribution is -2.27. The van der Waals surface area contributed by atoms with E-state index in [1.165, 1.54) is 0 Å². The molecule has 0 fully saturated rings. The minimum Gasteiger partial charge on any atom is -0.296 e. The van der Waals surface area contributed by atoms with Crippen molar-refractivity contribution >= 4 is 38.8 Å². The fourth-order valence-electron chi connectivity index (χ4n) is 3.59. The summed E-state index contributed by atoms with van der Waals surface area (Å²) >= 11 is 1.57. The molecule has 0 unspecified atom stereocenters. The zero-order valence-corrected chi connectivity index (χ0v) is 18.1. The van der Waals surface area contributed by atoms with Gasteiger partial charge in [-0.05, 0) is 55.8 Å². The average molecular weight is 437 g/mol. The van der Waals surface area contributed by atoms with Crippen LogP contribution in [0, 0.1) is 0 Å². The molecule has 1 aromatic heterocycles. The van der Waals surface area contributed by atoms with Crippen molar-refractivity contribution in [1.29, 1.82) is 0 Å². The Morgan fingerprint density at radius 3 is 2.03 bits per heavy atom. The number of pyridine rings is 1. The normalized spacial score (nSPS) is 14.6. The Kier molecular flexibility index (Phi) is 5.51. The Morgan fingerprint density at radius 1 is 0.967 bits per heavy atom. The summed E-state index contributed by atoms with van der Waals surface area (Å²) in [5.41, 5.74) is 3.08. The van der Waals surface area contributed by atoms with Crippen molar-refractivity contribution in [2.24, 2.45) is 0 Å². The van der Waals surface area contributed by atoms with E-state index in [0.29, 0.717) is 28.2 Å². The molecule has 0 amide bonds. The van der Waals surface area contributed by atoms with Crippen molar-refractivity contribution in [2.75, 3.05) is 4.90 Å². The molecule has 3 aromatic rings. The molecule has 0 saturated carbocycles. The summed E-state index contributed by atoms with van der Waals surface area (Å²) in [6, 6.07) is 20.6. The van der Waals surface area contributed by atoms with E-state index < -0.39 is 10.1 Å². The molecule has 4 rings (SSSR count). The summed E-state index contributed by atoms with van der Waals surface area (Å²) in [6.45, 7) is 3.52. The predicted octanol–water partition coefficient (Wildman–Crippen LogP) is 5.91. The fraction of sp³-hybridized carbons (Fsp3) is 0.0870. The molecule has 1 aliphatic heterocycles. The number of anilines is 2. The third kappa shape index (κ3) is 3.67. The van der Waals surface area contributed by atoms with Crippen LogP contribution in [0.25, 0.3) is 5.57 Å². The molecule has 152 valence electrons. The first-order valence-corrected chi connectivity index (χ1v) is 11.6. The molecule has 5 nitrogen and oxygen atoms in total. The molecule has 2 aromatic carbocycles. The zero-order chi connectivity index (χ0) is 21.3. The number of benzene rings is 2. The minimum atomic E-state index is -4.58. The minimum absolute atomic E-state index is 0.179. The van der Waals surface area contributed by atoms with E-state index in [2.05, 4.69) is 4.98 Å². The number of allylic oxidation sites excluding steroid dienone is 3. The van der Waals surface area contributed by atoms with Crippen LogP contribution in [0.3, 0.4) is 0 Å². The van der Waals surface area contributed by atoms with E-state index in [0.717, 1.165) is 9.79 Å². The topological polar surface area (TPSA) is 70.5 Å². The van der Waals surface area contributed by atoms with Crippen LogP contribution in [0.2, 0.25) is 0 Å². The van der Waals surface area contributed by atoms with Gasteiger partial charge in [0.15, 0.2) is 5.03 Å². The second kappa shape index (κ2) is 8.10. The number of rotatable bonds is 4. The molecule has 0 bridgehead atoms. The lowest BCUT2D eigenvalue weighted by molar-refractivity contribution is 0.489. The maximum Gasteiger partial charge on any atom is 0.310 e. The highest BCUT2D eigenvalue weighted by Crippen LogP contribution is 2.51. The summed E-state index contributed by atoms with van der Waals surface area (Å²) in [7, 11) is -4.58. The van der Waals surface area contributed by atoms with Crippen molar-refractivity contribution in [3.05, 3.63) is 95.3 Å². The van der Waals surface area contributed by atoms with Gasteiger partial charge in [0.05, 0.1) is 17.1 Å². The lowest BCUT2D eigenvalue weighted by atomic mass is 10.0. The van der Waals surface area contributed by atoms with Gasteiger partial charge in [-0.25, -0.2) is 0 Å². The van der Waals surface area contributed by atoms with Crippen LogP contribution in [-0.4, -0.2) is 18.0 Å². The Balaban J connectivity index is 2.03. The number of aromatic nitrogens is 1. The van der Waals surface area contributed by atoms with Gasteiger partial charge in [0.1, 0.15) is 0 Å². The smallest absolute Gasteiger partial charge is 0.296 e. The Bertz CT molecular complexity index is 1220. The number of fused-ring (bicyclic) bond motifs is 2. The van der Waals surface area contributed by atoms with Gasteiger partial charge in [0, 0.05) is 21.6 Å². The number of nitrogens with zero attached hydrogens (tertiary/aromatic N) is 2. The highest BCUT2D eigenvalue weighted by molar-refractivity contribution is 7.99. The highest BCUT2D eigenvalue weighted by Gasteiger charge is 2.33. The molecule has 0 saturated heterocycles. The maximum absolute atomic E-state index is 12.7. The van der Waals surface area contributed by atoms with E-state index in [-0.39, 0.29) is 5.03 Å². The molecule has 1 N–H and O–H groups in total. The van der Waals surface area contributed by atoms with E-state index in [1.807, 2.05) is 67.6 Å². The van der Waals surface area contributed by atoms with Crippen molar-refractivity contribution < 1.29 is 13.0 Å². The van der Waals surface area contributed by atoms with Gasteiger partial charge in [0.2, 0.25) is 0 Å². The van der Waals surface area contributed by atoms with Gasteiger partial charge in [-0.15, -0.1) is 0 Å². The molecular formula is C23H20N2O3S2. The molecule has 0 spiro atoms. The van der Waals surface area contributed by atoms with Crippen LogP contribution in [0.15, 0.2) is 99.4 Å². The van der Waals surface area contributed by atoms with Crippen molar-refractivity contribution in [3.8, 4) is 0 Å². The van der Waals surface area contributed by atoms with Gasteiger partial charge in [0.25, 0.3) is 0 Å². The molecule has 0 aliphatic carbocycles. The molecular weight excluding hydrogens is 416 g/mol. The van der Waals surface area contributed by atoms with E-state index in [1.54, 1.807) is 41.9 Å². The third-order valence-electron chi connectivity index (χ3n) is 4.83. The van der Waals surface area contributed by atoms with Gasteiger partial charge in [-0.2, -0.15) is 8.42 Å². The second-order valence-corrected chi connectivity index (χ2v) is 9.12. The second-order valence-electron chi connectivity index (χ2n) is 6.70. The van der Waals surface area contributed by atoms with Gasteiger partial charge < -0.3 is 0 Å². The van der Waals surface area contributed by atoms with E-state index >= 15 is 0 Å². The Hall–Kier alpha value is -2.87. The molecule has 1 aliphatic rings. The van der Waals surface area contributed by atoms with Crippen LogP contribution in [0.4, 0.5) is 11.4 Å². The Labute approximate surface area is 180 Å². The first-order valence-electron chi connectivity index (χ1n) is 9.34. The lowest BCUT2D eigenvalue weighted by Gasteiger charge is -2.34. The van der Waals surface area contributed by atoms with Crippen molar-refractivity contribution in [2.45, 2.75) is 23.6 Å². The highest BCUT2D eigenvalue weighted by atomic mass is 32.2. The molecule has 2 heterocycles. The quantitative estimate of drug-likeness (QED) is 0.405. The van der Waals surface area contributed by atoms with Crippen molar-refractivity contribution in [3.63, 3.8) is 0 Å². The average Bonchev–Trinajstić information content (AvgIpc) is 2.74. The predicted molar refractivity (Wildman–Crippen MR) is 121 cm³/mol. The van der Waals surface area contributed by atoms with E-state index in [4.69, 9.17) is 0 Å². The first kappa shape index (κ1) is 20.4. The summed E-state index contributed by atoms with van der Waals surface area (Å²) in [6.07, 6.45) is 3.46. The number of hydrogen-bond donors (Lipinski definition) is 1. The van der Waals surface area contributed by atoms with Gasteiger partial charge in [-0.1, -0.05) is 48.2 Å². The van der Waals surface area contributed by atoms with Crippen LogP contribution >= 0.6 is 11.8 Å². The van der Waals surface area contributed by atoms with Crippen molar-refractivity contribution in [1.82, 2.24) is 4.98 Å². The van der Waals surface area contributed by atoms with Crippen LogP contribution in [0.1, 0.15) is 19.5 Å². The van der Waals surface area contributed by atoms with Crippen LogP contribution in [-0.2, 0) is 10.1 Å². The van der Waals surface area contributed by atoms with Gasteiger partial charge >= 0.3 is 10.1 Å². The molecule has 7 heteroatoms. The molecule has 0 radical (unpaired) electrons. The summed E-state index contributed by atoms with van der Waals surface area (Å²) in [5, 5.41) is -0.179. The zero-order valence-electron chi connectivity index (χ0n) is 16.5. The first-order chi connectivity index (χ1) is 14.4. The number of hydrogen-bond acceptors (Lipinski definition) is 5. The monoisotopic (exact) mass is 436 g/mol. The third-order valence-corrected chi connectivity index (χ3v) is 6.94. The summed E-state index contributed by atoms with van der Waals surface area (Å²) in [4.78, 5) is 7.81. The largest absolute Gasteiger partial charge is 0.310 e. The summed E-state index contributed by atoms with van der Waals surface area (Å²) < 4.78 is 35.9. The number of para-hydroxylation sites is 2. The molecule has 30 heavy (non-hydrogen) atoms. The summed E-state index contributed by atoms with van der Waals surface area (Å²) in [5.74, 6) is 0. The Morgan fingerprint density at radius 2 is 1.53 bits per heavy atom. The SMILES string of the molecule is CC=C(C(C)=C(N1c2ccccc2Sc2ccccc21)S(=O)(=O)O)c1ccccn1. The fourth-order valence-corrected chi connectivity index (χ4v) is 5.58. The molecule has 0 atom stereocenters. The standard InChI is InChI=1S/C23H20N2O3S2/c1-3-17(18-10-8-9-15-24-18)16(2)23(30(26,27)28)25-19-11-4-6-13-21(19)29-22-14-7-5-12-20(22)25/h3-15H,1-2H3,(H,26,27,28). The van der Waals surface area contributed by atoms with Crippen LogP contribution < -0.4 is 4.90 Å². The van der Waals surface area contributed by atoms with Crippen LogP contribution in [0.5, 0.6) is 0 Å². The van der Waals surface area contributed by atoms with Gasteiger partial charge in [-0.3, -0.25) is 14.4 Å². The van der Waals surface area contributed by atoms with E-state index in [9.17, 15) is 13.0 Å². The maximum atomic E-state index is 12.7.